The fourth-order valence-electron chi connectivity index (χ4n) is 1.82. The minimum atomic E-state index is -0.384. The third-order valence-electron chi connectivity index (χ3n) is 3.19. The highest BCUT2D eigenvalue weighted by Gasteiger charge is 2.27. The monoisotopic (exact) mass is 324 g/mol. The van der Waals surface area contributed by atoms with Crippen LogP contribution in [0.3, 0.4) is 0 Å². The van der Waals surface area contributed by atoms with Crippen LogP contribution in [-0.4, -0.2) is 14.9 Å². The number of aliphatic hydroxyl groups is 1. The van der Waals surface area contributed by atoms with Gasteiger partial charge in [0.05, 0.1) is 12.2 Å². The molecule has 0 amide bonds. The molecule has 0 saturated heterocycles. The minimum absolute atomic E-state index is 0.0301. The summed E-state index contributed by atoms with van der Waals surface area (Å²) in [4.78, 5) is 0. The molecule has 1 N–H and O–H groups in total. The molecule has 0 aliphatic carbocycles. The van der Waals surface area contributed by atoms with Gasteiger partial charge in [0.2, 0.25) is 9.76 Å². The highest BCUT2D eigenvalue weighted by atomic mass is 32.1. The van der Waals surface area contributed by atoms with E-state index in [-0.39, 0.29) is 22.0 Å². The van der Waals surface area contributed by atoms with Crippen LogP contribution in [0.25, 0.3) is 0 Å². The summed E-state index contributed by atoms with van der Waals surface area (Å²) < 4.78 is 5.92. The smallest absolute Gasteiger partial charge is 0.236 e. The normalized spacial score (nSPS) is 13.6. The van der Waals surface area contributed by atoms with E-state index in [1.165, 1.54) is 0 Å². The maximum Gasteiger partial charge on any atom is 0.236 e. The Morgan fingerprint density at radius 1 is 1.00 bits per heavy atom. The van der Waals surface area contributed by atoms with Gasteiger partial charge in [-0.05, 0) is 49.4 Å². The van der Waals surface area contributed by atoms with Crippen molar-refractivity contribution in [3.05, 3.63) is 34.9 Å². The predicted octanol–water partition coefficient (Wildman–Crippen LogP) is 4.43. The molecule has 118 valence electrons. The van der Waals surface area contributed by atoms with Crippen molar-refractivity contribution < 1.29 is 9.53 Å². The quantitative estimate of drug-likeness (QED) is 0.619. The lowest BCUT2D eigenvalue weighted by atomic mass is 9.90. The van der Waals surface area contributed by atoms with Gasteiger partial charge in [-0.15, -0.1) is 0 Å². The first-order valence-electron chi connectivity index (χ1n) is 7.28. The van der Waals surface area contributed by atoms with E-state index < -0.39 is 0 Å². The summed E-state index contributed by atoms with van der Waals surface area (Å²) >= 11 is 4.65. The van der Waals surface area contributed by atoms with Crippen LogP contribution in [0.5, 0.6) is 0 Å². The van der Waals surface area contributed by atoms with Crippen molar-refractivity contribution in [2.75, 3.05) is 0 Å². The van der Waals surface area contributed by atoms with E-state index in [1.807, 2.05) is 12.1 Å². The predicted molar refractivity (Wildman–Crippen MR) is 94.0 cm³/mol. The zero-order chi connectivity index (χ0) is 16.5. The van der Waals surface area contributed by atoms with Crippen LogP contribution in [0.4, 0.5) is 0 Å². The van der Waals surface area contributed by atoms with Crippen molar-refractivity contribution in [1.29, 1.82) is 0 Å². The number of thiol groups is 1. The molecule has 0 atom stereocenters. The third-order valence-corrected chi connectivity index (χ3v) is 4.67. The first kappa shape index (κ1) is 18.8. The molecule has 0 heterocycles. The molecule has 0 spiro atoms. The molecule has 4 heteroatoms. The molecule has 0 saturated carbocycles. The maximum atomic E-state index is 9.51. The lowest BCUT2D eigenvalue weighted by Gasteiger charge is -2.31. The van der Waals surface area contributed by atoms with E-state index in [0.717, 1.165) is 16.7 Å². The van der Waals surface area contributed by atoms with Crippen molar-refractivity contribution in [3.63, 3.8) is 0 Å². The molecule has 2 radical (unpaired) electrons. The van der Waals surface area contributed by atoms with E-state index >= 15 is 0 Å². The number of rotatable bonds is 5. The Morgan fingerprint density at radius 3 is 1.95 bits per heavy atom. The molecule has 0 aromatic heterocycles. The second kappa shape index (κ2) is 6.45. The van der Waals surface area contributed by atoms with E-state index in [4.69, 9.17) is 4.43 Å². The van der Waals surface area contributed by atoms with Crippen molar-refractivity contribution in [3.8, 4) is 0 Å². The fraction of sp³-hybridized carbons (Fsp3) is 0.647. The molecule has 21 heavy (non-hydrogen) atoms. The molecule has 0 aliphatic rings. The van der Waals surface area contributed by atoms with Crippen LogP contribution in [0.15, 0.2) is 18.2 Å². The number of aliphatic hydroxyl groups excluding tert-OH is 1. The van der Waals surface area contributed by atoms with E-state index in [0.29, 0.717) is 9.76 Å². The molecule has 0 aliphatic heterocycles. The van der Waals surface area contributed by atoms with Gasteiger partial charge in [0.1, 0.15) is 0 Å². The van der Waals surface area contributed by atoms with Gasteiger partial charge in [-0.25, -0.2) is 0 Å². The Labute approximate surface area is 137 Å². The van der Waals surface area contributed by atoms with Gasteiger partial charge in [-0.1, -0.05) is 39.0 Å². The summed E-state index contributed by atoms with van der Waals surface area (Å²) in [5.74, 6) is 0. The van der Waals surface area contributed by atoms with Crippen LogP contribution in [0.2, 0.25) is 5.04 Å². The minimum Gasteiger partial charge on any atom is -0.408 e. The first-order chi connectivity index (χ1) is 9.35. The molecule has 0 unspecified atom stereocenters. The van der Waals surface area contributed by atoms with Gasteiger partial charge in [0.15, 0.2) is 0 Å². The van der Waals surface area contributed by atoms with Gasteiger partial charge in [0.25, 0.3) is 0 Å². The summed E-state index contributed by atoms with van der Waals surface area (Å²) in [5.41, 5.74) is 2.71. The lowest BCUT2D eigenvalue weighted by molar-refractivity contribution is 0.109. The molecule has 1 rings (SSSR count). The zero-order valence-electron chi connectivity index (χ0n) is 14.2. The fourth-order valence-corrected chi connectivity index (χ4v) is 2.63. The molecular formula is C17H28O2SSi. The molecular weight excluding hydrogens is 296 g/mol. The van der Waals surface area contributed by atoms with Crippen LogP contribution in [0.1, 0.15) is 65.2 Å². The Morgan fingerprint density at radius 2 is 1.52 bits per heavy atom. The number of hydrogen-bond acceptors (Lipinski definition) is 3. The number of hydrogen-bond donors (Lipinski definition) is 2. The molecule has 0 bridgehead atoms. The van der Waals surface area contributed by atoms with E-state index in [9.17, 15) is 5.11 Å². The van der Waals surface area contributed by atoms with Gasteiger partial charge in [0, 0.05) is 4.75 Å². The topological polar surface area (TPSA) is 29.5 Å². The van der Waals surface area contributed by atoms with Crippen LogP contribution in [0, 0.1) is 0 Å². The molecule has 1 aromatic rings. The van der Waals surface area contributed by atoms with Gasteiger partial charge < -0.3 is 9.53 Å². The Kier molecular flexibility index (Phi) is 5.76. The summed E-state index contributed by atoms with van der Waals surface area (Å²) in [6.45, 7) is 14.8. The van der Waals surface area contributed by atoms with Crippen molar-refractivity contribution in [2.24, 2.45) is 0 Å². The summed E-state index contributed by atoms with van der Waals surface area (Å²) in [6, 6.07) is 6.17. The zero-order valence-corrected chi connectivity index (χ0v) is 16.1. The average molecular weight is 325 g/mol. The SMILES string of the molecule is CC(C)(C)[Si]OC(C)(C)c1cc(CO)cc(C(C)(C)S)c1. The largest absolute Gasteiger partial charge is 0.408 e. The second-order valence-electron chi connectivity index (χ2n) is 7.60. The molecule has 0 fully saturated rings. The maximum absolute atomic E-state index is 9.51. The Bertz CT molecular complexity index is 485. The second-order valence-corrected chi connectivity index (χ2v) is 10.6. The highest BCUT2D eigenvalue weighted by molar-refractivity contribution is 7.81. The van der Waals surface area contributed by atoms with Gasteiger partial charge in [-0.2, -0.15) is 12.6 Å². The van der Waals surface area contributed by atoms with Crippen molar-refractivity contribution in [2.45, 2.75) is 70.5 Å². The van der Waals surface area contributed by atoms with Crippen molar-refractivity contribution >= 4 is 22.4 Å². The van der Waals surface area contributed by atoms with Crippen LogP contribution < -0.4 is 0 Å². The third kappa shape index (κ3) is 5.78. The lowest BCUT2D eigenvalue weighted by Crippen LogP contribution is -2.28. The van der Waals surface area contributed by atoms with Gasteiger partial charge >= 0.3 is 0 Å². The average Bonchev–Trinajstić information content (AvgIpc) is 2.34. The van der Waals surface area contributed by atoms with Gasteiger partial charge in [-0.3, -0.25) is 0 Å². The summed E-state index contributed by atoms with van der Waals surface area (Å²) in [7, 11) is 0.418. The van der Waals surface area contributed by atoms with Crippen LogP contribution in [-0.2, 0) is 21.4 Å². The summed E-state index contributed by atoms with van der Waals surface area (Å²) in [6.07, 6.45) is 0. The Hall–Kier alpha value is -0.293. The van der Waals surface area contributed by atoms with Crippen LogP contribution >= 0.6 is 12.6 Å². The molecule has 2 nitrogen and oxygen atoms in total. The number of benzene rings is 1. The Balaban J connectivity index is 3.16. The summed E-state index contributed by atoms with van der Waals surface area (Å²) in [5, 5.41) is 9.66. The van der Waals surface area contributed by atoms with E-state index in [2.05, 4.69) is 67.2 Å². The first-order valence-corrected chi connectivity index (χ1v) is 8.64. The molecule has 1 aromatic carbocycles. The standard InChI is InChI=1S/C17H28O2SSi/c1-15(2,3)21-19-16(4,5)13-8-12(11-18)9-14(10-13)17(6,7)20/h8-10,18,20H,11H2,1-7H3. The van der Waals surface area contributed by atoms with Crippen molar-refractivity contribution in [1.82, 2.24) is 0 Å². The van der Waals surface area contributed by atoms with E-state index in [1.54, 1.807) is 0 Å². The highest BCUT2D eigenvalue weighted by Crippen LogP contribution is 2.34.